The largest absolute Gasteiger partial charge is 0.369 e. The van der Waals surface area contributed by atoms with E-state index in [-0.39, 0.29) is 17.2 Å². The number of hydrogen-bond acceptors (Lipinski definition) is 6. The van der Waals surface area contributed by atoms with Crippen molar-refractivity contribution in [3.63, 3.8) is 0 Å². The maximum Gasteiger partial charge on any atom is 0.269 e. The highest BCUT2D eigenvalue weighted by Gasteiger charge is 2.22. The number of anilines is 3. The Hall–Kier alpha value is -3.37. The van der Waals surface area contributed by atoms with Gasteiger partial charge in [-0.15, -0.1) is 0 Å². The molecule has 0 bridgehead atoms. The van der Waals surface area contributed by atoms with Crippen LogP contribution in [0.25, 0.3) is 10.9 Å². The standard InChI is InChI=1S/C25H28N6O/c1-29-10-12-30(13-11-29)21-8-6-20(7-9-21)28-24-15-23-19(17-27-24)14-18(16-26)25(32)31(23)22-4-2-3-5-22/h6-9,14-15,17,22H,2-5,10-13H2,1H3,(H,27,28). The summed E-state index contributed by atoms with van der Waals surface area (Å²) < 4.78 is 1.82. The molecule has 1 aliphatic carbocycles. The van der Waals surface area contributed by atoms with E-state index >= 15 is 0 Å². The number of piperazine rings is 1. The minimum Gasteiger partial charge on any atom is -0.369 e. The van der Waals surface area contributed by atoms with Crippen molar-refractivity contribution in [1.29, 1.82) is 5.26 Å². The highest BCUT2D eigenvalue weighted by molar-refractivity contribution is 5.82. The summed E-state index contributed by atoms with van der Waals surface area (Å²) in [7, 11) is 2.16. The molecule has 1 aromatic carbocycles. The Bertz CT molecular complexity index is 1210. The number of rotatable bonds is 4. The number of pyridine rings is 2. The van der Waals surface area contributed by atoms with Crippen molar-refractivity contribution in [3.8, 4) is 6.07 Å². The van der Waals surface area contributed by atoms with Crippen molar-refractivity contribution in [2.45, 2.75) is 31.7 Å². The highest BCUT2D eigenvalue weighted by Crippen LogP contribution is 2.32. The summed E-state index contributed by atoms with van der Waals surface area (Å²) in [6, 6.07) is 14.2. The predicted octanol–water partition coefficient (Wildman–Crippen LogP) is 3.88. The van der Waals surface area contributed by atoms with Gasteiger partial charge in [-0.1, -0.05) is 12.8 Å². The van der Waals surface area contributed by atoms with Crippen molar-refractivity contribution in [2.24, 2.45) is 0 Å². The lowest BCUT2D eigenvalue weighted by atomic mass is 10.1. The second-order valence-electron chi connectivity index (χ2n) is 8.87. The summed E-state index contributed by atoms with van der Waals surface area (Å²) >= 11 is 0. The fourth-order valence-corrected chi connectivity index (χ4v) is 4.87. The first-order valence-electron chi connectivity index (χ1n) is 11.4. The average molecular weight is 429 g/mol. The van der Waals surface area contributed by atoms with E-state index in [1.165, 1.54) is 5.69 Å². The van der Waals surface area contributed by atoms with Gasteiger partial charge in [-0.3, -0.25) is 4.79 Å². The third kappa shape index (κ3) is 3.94. The van der Waals surface area contributed by atoms with Crippen LogP contribution in [0, 0.1) is 11.3 Å². The van der Waals surface area contributed by atoms with Crippen LogP contribution in [-0.4, -0.2) is 47.7 Å². The molecule has 1 N–H and O–H groups in total. The maximum atomic E-state index is 13.0. The first-order valence-corrected chi connectivity index (χ1v) is 11.4. The zero-order valence-electron chi connectivity index (χ0n) is 18.4. The van der Waals surface area contributed by atoms with Crippen molar-refractivity contribution in [3.05, 3.63) is 58.5 Å². The predicted molar refractivity (Wildman–Crippen MR) is 128 cm³/mol. The van der Waals surface area contributed by atoms with E-state index < -0.39 is 0 Å². The summed E-state index contributed by atoms with van der Waals surface area (Å²) in [4.78, 5) is 22.3. The number of nitriles is 1. The van der Waals surface area contributed by atoms with E-state index in [1.807, 2.05) is 10.6 Å². The van der Waals surface area contributed by atoms with Gasteiger partial charge in [-0.05, 0) is 50.2 Å². The van der Waals surface area contributed by atoms with Crippen LogP contribution < -0.4 is 15.8 Å². The molecule has 3 aromatic rings. The lowest BCUT2D eigenvalue weighted by Crippen LogP contribution is -2.44. The number of benzene rings is 1. The minimum atomic E-state index is -0.194. The van der Waals surface area contributed by atoms with Gasteiger partial charge < -0.3 is 19.7 Å². The van der Waals surface area contributed by atoms with Crippen molar-refractivity contribution < 1.29 is 0 Å². The fourth-order valence-electron chi connectivity index (χ4n) is 4.87. The zero-order valence-corrected chi connectivity index (χ0v) is 18.4. The summed E-state index contributed by atoms with van der Waals surface area (Å²) in [5.74, 6) is 0.695. The van der Waals surface area contributed by atoms with Crippen LogP contribution in [0.4, 0.5) is 17.2 Å². The van der Waals surface area contributed by atoms with E-state index in [2.05, 4.69) is 57.5 Å². The van der Waals surface area contributed by atoms with Gasteiger partial charge in [-0.25, -0.2) is 4.98 Å². The van der Waals surface area contributed by atoms with Crippen LogP contribution in [-0.2, 0) is 0 Å². The van der Waals surface area contributed by atoms with Crippen molar-refractivity contribution in [2.75, 3.05) is 43.4 Å². The highest BCUT2D eigenvalue weighted by atomic mass is 16.1. The Labute approximate surface area is 187 Å². The van der Waals surface area contributed by atoms with Gasteiger partial charge in [0.1, 0.15) is 17.5 Å². The van der Waals surface area contributed by atoms with Crippen LogP contribution in [0.5, 0.6) is 0 Å². The van der Waals surface area contributed by atoms with E-state index in [0.717, 1.165) is 68.5 Å². The van der Waals surface area contributed by atoms with Crippen LogP contribution in [0.1, 0.15) is 37.3 Å². The van der Waals surface area contributed by atoms with Gasteiger partial charge in [0.2, 0.25) is 0 Å². The molecule has 1 saturated heterocycles. The van der Waals surface area contributed by atoms with Gasteiger partial charge in [0, 0.05) is 61.2 Å². The molecule has 2 fully saturated rings. The Morgan fingerprint density at radius 2 is 1.78 bits per heavy atom. The Kier molecular flexibility index (Phi) is 5.54. The Balaban J connectivity index is 1.43. The molecule has 164 valence electrons. The topological polar surface area (TPSA) is 77.2 Å². The van der Waals surface area contributed by atoms with Crippen LogP contribution in [0.2, 0.25) is 0 Å². The van der Waals surface area contributed by atoms with Crippen LogP contribution in [0.15, 0.2) is 47.4 Å². The maximum absolute atomic E-state index is 13.0. The monoisotopic (exact) mass is 428 g/mol. The molecule has 0 radical (unpaired) electrons. The number of fused-ring (bicyclic) bond motifs is 1. The molecule has 3 heterocycles. The number of hydrogen-bond donors (Lipinski definition) is 1. The fraction of sp³-hybridized carbons (Fsp3) is 0.400. The molecule has 0 atom stereocenters. The SMILES string of the molecule is CN1CCN(c2ccc(Nc3cc4c(cn3)cc(C#N)c(=O)n4C3CCCC3)cc2)CC1. The van der Waals surface area contributed by atoms with Crippen LogP contribution in [0.3, 0.4) is 0 Å². The lowest BCUT2D eigenvalue weighted by Gasteiger charge is -2.34. The Morgan fingerprint density at radius 3 is 2.47 bits per heavy atom. The van der Waals surface area contributed by atoms with Crippen LogP contribution >= 0.6 is 0 Å². The first-order chi connectivity index (χ1) is 15.6. The zero-order chi connectivity index (χ0) is 22.1. The summed E-state index contributed by atoms with van der Waals surface area (Å²) in [5.41, 5.74) is 3.02. The third-order valence-corrected chi connectivity index (χ3v) is 6.74. The molecule has 0 unspecified atom stereocenters. The van der Waals surface area contributed by atoms with Crippen molar-refractivity contribution in [1.82, 2.24) is 14.5 Å². The molecule has 5 rings (SSSR count). The smallest absolute Gasteiger partial charge is 0.269 e. The molecule has 1 aliphatic heterocycles. The molecule has 7 heteroatoms. The van der Waals surface area contributed by atoms with E-state index in [4.69, 9.17) is 0 Å². The van der Waals surface area contributed by atoms with Gasteiger partial charge in [0.05, 0.1) is 5.52 Å². The normalized spacial score (nSPS) is 17.6. The molecule has 0 amide bonds. The number of likely N-dealkylation sites (N-methyl/N-ethyl adjacent to an activating group) is 1. The van der Waals surface area contributed by atoms with Gasteiger partial charge in [0.15, 0.2) is 0 Å². The molecule has 0 spiro atoms. The van der Waals surface area contributed by atoms with E-state index in [0.29, 0.717) is 5.82 Å². The summed E-state index contributed by atoms with van der Waals surface area (Å²) in [6.07, 6.45) is 5.93. The molecule has 1 saturated carbocycles. The second kappa shape index (κ2) is 8.64. The Morgan fingerprint density at radius 1 is 1.06 bits per heavy atom. The van der Waals surface area contributed by atoms with Gasteiger partial charge in [0.25, 0.3) is 5.56 Å². The number of nitrogens with zero attached hydrogens (tertiary/aromatic N) is 5. The molecular weight excluding hydrogens is 400 g/mol. The number of aromatic nitrogens is 2. The number of nitrogens with one attached hydrogen (secondary N) is 1. The second-order valence-corrected chi connectivity index (χ2v) is 8.87. The lowest BCUT2D eigenvalue weighted by molar-refractivity contribution is 0.313. The molecular formula is C25H28N6O. The summed E-state index contributed by atoms with van der Waals surface area (Å²) in [5, 5.41) is 13.6. The third-order valence-electron chi connectivity index (χ3n) is 6.74. The van der Waals surface area contributed by atoms with E-state index in [1.54, 1.807) is 12.3 Å². The first kappa shape index (κ1) is 20.5. The minimum absolute atomic E-state index is 0.149. The quantitative estimate of drug-likeness (QED) is 0.680. The van der Waals surface area contributed by atoms with Gasteiger partial charge in [-0.2, -0.15) is 5.26 Å². The van der Waals surface area contributed by atoms with E-state index in [9.17, 15) is 10.1 Å². The molecule has 32 heavy (non-hydrogen) atoms. The molecule has 7 nitrogen and oxygen atoms in total. The molecule has 2 aliphatic rings. The summed E-state index contributed by atoms with van der Waals surface area (Å²) in [6.45, 7) is 4.24. The van der Waals surface area contributed by atoms with Gasteiger partial charge >= 0.3 is 0 Å². The van der Waals surface area contributed by atoms with Crippen molar-refractivity contribution >= 4 is 28.1 Å². The molecule has 2 aromatic heterocycles. The average Bonchev–Trinajstić information content (AvgIpc) is 3.34.